The Morgan fingerprint density at radius 2 is 2.43 bits per heavy atom. The normalized spacial score (nSPS) is 19.0. The molecule has 21 heavy (non-hydrogen) atoms. The molecule has 1 saturated heterocycles. The fourth-order valence-electron chi connectivity index (χ4n) is 2.95. The molecule has 1 N–H and O–H groups in total. The Morgan fingerprint density at radius 3 is 3.10 bits per heavy atom. The van der Waals surface area contributed by atoms with E-state index in [0.717, 1.165) is 30.9 Å². The second-order valence-electron chi connectivity index (χ2n) is 5.53. The van der Waals surface area contributed by atoms with Crippen LogP contribution in [0.15, 0.2) is 22.9 Å². The molecule has 0 unspecified atom stereocenters. The van der Waals surface area contributed by atoms with Crippen LogP contribution in [-0.4, -0.2) is 33.7 Å². The first-order valence-electron chi connectivity index (χ1n) is 7.20. The molecule has 0 radical (unpaired) electrons. The van der Waals surface area contributed by atoms with E-state index in [4.69, 9.17) is 0 Å². The van der Waals surface area contributed by atoms with Crippen LogP contribution in [0, 0.1) is 6.92 Å². The molecular weight excluding hydrogens is 284 g/mol. The minimum atomic E-state index is 0.0279. The van der Waals surface area contributed by atoms with Gasteiger partial charge in [0, 0.05) is 19.2 Å². The topological polar surface area (TPSA) is 50.2 Å². The maximum Gasteiger partial charge on any atom is 0.239 e. The van der Waals surface area contributed by atoms with Gasteiger partial charge in [-0.05, 0) is 48.7 Å². The summed E-state index contributed by atoms with van der Waals surface area (Å²) < 4.78 is 1.70. The van der Waals surface area contributed by atoms with Crippen molar-refractivity contribution in [3.63, 3.8) is 0 Å². The van der Waals surface area contributed by atoms with Crippen molar-refractivity contribution < 1.29 is 4.79 Å². The predicted molar refractivity (Wildman–Crippen MR) is 84.4 cm³/mol. The summed E-state index contributed by atoms with van der Waals surface area (Å²) in [6.07, 6.45) is 2.29. The average molecular weight is 304 g/mol. The first-order valence-corrected chi connectivity index (χ1v) is 8.14. The van der Waals surface area contributed by atoms with Gasteiger partial charge in [-0.1, -0.05) is 0 Å². The fraction of sp³-hybridized carbons (Fsp3) is 0.467. The molecule has 6 heteroatoms. The van der Waals surface area contributed by atoms with Gasteiger partial charge >= 0.3 is 0 Å². The lowest BCUT2D eigenvalue weighted by Gasteiger charge is -2.23. The highest BCUT2D eigenvalue weighted by atomic mass is 32.1. The maximum absolute atomic E-state index is 12.3. The summed E-state index contributed by atoms with van der Waals surface area (Å²) in [7, 11) is 1.84. The van der Waals surface area contributed by atoms with Gasteiger partial charge in [0.05, 0.1) is 12.2 Å². The molecule has 1 atom stereocenters. The number of amides is 1. The highest BCUT2D eigenvalue weighted by Gasteiger charge is 2.27. The third-order valence-electron chi connectivity index (χ3n) is 3.91. The van der Waals surface area contributed by atoms with Crippen LogP contribution in [0.1, 0.15) is 30.1 Å². The van der Waals surface area contributed by atoms with E-state index in [1.807, 2.05) is 20.0 Å². The Hall–Kier alpha value is -1.66. The molecular formula is C15H20N4OS. The van der Waals surface area contributed by atoms with E-state index in [1.165, 1.54) is 5.56 Å². The zero-order valence-electron chi connectivity index (χ0n) is 12.4. The molecule has 3 rings (SSSR count). The summed E-state index contributed by atoms with van der Waals surface area (Å²) in [4.78, 5) is 14.5. The molecule has 0 aliphatic carbocycles. The minimum absolute atomic E-state index is 0.0279. The van der Waals surface area contributed by atoms with E-state index < -0.39 is 0 Å². The average Bonchev–Trinajstić information content (AvgIpc) is 3.11. The van der Waals surface area contributed by atoms with Crippen LogP contribution in [0.3, 0.4) is 0 Å². The predicted octanol–water partition coefficient (Wildman–Crippen LogP) is 2.57. The van der Waals surface area contributed by atoms with Gasteiger partial charge in [0.15, 0.2) is 0 Å². The number of hydrogen-bond donors (Lipinski definition) is 1. The molecule has 0 saturated carbocycles. The Morgan fingerprint density at radius 1 is 1.57 bits per heavy atom. The lowest BCUT2D eigenvalue weighted by molar-refractivity contribution is -0.117. The molecule has 1 amide bonds. The molecule has 5 nitrogen and oxygen atoms in total. The van der Waals surface area contributed by atoms with Crippen molar-refractivity contribution in [2.75, 3.05) is 18.4 Å². The third-order valence-corrected chi connectivity index (χ3v) is 4.61. The quantitative estimate of drug-likeness (QED) is 0.944. The second-order valence-corrected chi connectivity index (χ2v) is 6.31. The van der Waals surface area contributed by atoms with Gasteiger partial charge in [0.1, 0.15) is 5.82 Å². The van der Waals surface area contributed by atoms with Gasteiger partial charge < -0.3 is 5.32 Å². The molecule has 2 aromatic heterocycles. The highest BCUT2D eigenvalue weighted by Crippen LogP contribution is 2.32. The molecule has 0 aromatic carbocycles. The molecule has 0 spiro atoms. The summed E-state index contributed by atoms with van der Waals surface area (Å²) in [5, 5.41) is 11.5. The first-order chi connectivity index (χ1) is 10.1. The number of likely N-dealkylation sites (tertiary alicyclic amines) is 1. The number of aromatic nitrogens is 2. The van der Waals surface area contributed by atoms with Crippen molar-refractivity contribution in [2.24, 2.45) is 7.05 Å². The number of nitrogens with one attached hydrogen (secondary N) is 1. The number of aryl methyl sites for hydroxylation is 2. The van der Waals surface area contributed by atoms with Gasteiger partial charge in [-0.15, -0.1) is 0 Å². The van der Waals surface area contributed by atoms with Crippen molar-refractivity contribution in [3.8, 4) is 0 Å². The number of hydrogen-bond acceptors (Lipinski definition) is 4. The SMILES string of the molecule is Cc1cc(NC(=O)CN2CCC[C@@H]2c2ccsc2)n(C)n1. The Kier molecular flexibility index (Phi) is 4.07. The van der Waals surface area contributed by atoms with E-state index in [0.29, 0.717) is 12.6 Å². The van der Waals surface area contributed by atoms with Crippen molar-refractivity contribution in [1.29, 1.82) is 0 Å². The highest BCUT2D eigenvalue weighted by molar-refractivity contribution is 7.07. The third kappa shape index (κ3) is 3.16. The molecule has 1 aliphatic heterocycles. The summed E-state index contributed by atoms with van der Waals surface area (Å²) in [6, 6.07) is 4.43. The van der Waals surface area contributed by atoms with Crippen LogP contribution in [0.4, 0.5) is 5.82 Å². The molecule has 2 aromatic rings. The van der Waals surface area contributed by atoms with Gasteiger partial charge in [-0.25, -0.2) is 0 Å². The smallest absolute Gasteiger partial charge is 0.239 e. The summed E-state index contributed by atoms with van der Waals surface area (Å²) in [6.45, 7) is 3.34. The van der Waals surface area contributed by atoms with Gasteiger partial charge in [-0.3, -0.25) is 14.4 Å². The van der Waals surface area contributed by atoms with Gasteiger partial charge in [-0.2, -0.15) is 16.4 Å². The van der Waals surface area contributed by atoms with Crippen molar-refractivity contribution in [3.05, 3.63) is 34.2 Å². The van der Waals surface area contributed by atoms with Crippen LogP contribution >= 0.6 is 11.3 Å². The maximum atomic E-state index is 12.3. The number of thiophene rings is 1. The fourth-order valence-corrected chi connectivity index (χ4v) is 3.66. The summed E-state index contributed by atoms with van der Waals surface area (Å²) in [5.74, 6) is 0.781. The monoisotopic (exact) mass is 304 g/mol. The molecule has 1 aliphatic rings. The van der Waals surface area contributed by atoms with Crippen LogP contribution < -0.4 is 5.32 Å². The molecule has 0 bridgehead atoms. The minimum Gasteiger partial charge on any atom is -0.310 e. The zero-order chi connectivity index (χ0) is 14.8. The largest absolute Gasteiger partial charge is 0.310 e. The Balaban J connectivity index is 1.63. The van der Waals surface area contributed by atoms with E-state index >= 15 is 0 Å². The standard InChI is InChI=1S/C15H20N4OS/c1-11-8-14(18(2)17-11)16-15(20)9-19-6-3-4-13(19)12-5-7-21-10-12/h5,7-8,10,13H,3-4,6,9H2,1-2H3,(H,16,20)/t13-/m1/s1. The number of carbonyl (C=O) groups is 1. The number of carbonyl (C=O) groups excluding carboxylic acids is 1. The second kappa shape index (κ2) is 5.99. The van der Waals surface area contributed by atoms with Crippen LogP contribution in [-0.2, 0) is 11.8 Å². The van der Waals surface area contributed by atoms with Crippen LogP contribution in [0.2, 0.25) is 0 Å². The molecule has 1 fully saturated rings. The van der Waals surface area contributed by atoms with Gasteiger partial charge in [0.2, 0.25) is 5.91 Å². The number of rotatable bonds is 4. The lowest BCUT2D eigenvalue weighted by Crippen LogP contribution is -2.33. The van der Waals surface area contributed by atoms with Crippen molar-refractivity contribution in [1.82, 2.24) is 14.7 Å². The van der Waals surface area contributed by atoms with E-state index in [-0.39, 0.29) is 5.91 Å². The van der Waals surface area contributed by atoms with E-state index in [9.17, 15) is 4.79 Å². The summed E-state index contributed by atoms with van der Waals surface area (Å²) >= 11 is 1.72. The van der Waals surface area contributed by atoms with E-state index in [1.54, 1.807) is 16.0 Å². The van der Waals surface area contributed by atoms with Crippen molar-refractivity contribution >= 4 is 23.1 Å². The lowest BCUT2D eigenvalue weighted by atomic mass is 10.1. The number of anilines is 1. The molecule has 3 heterocycles. The zero-order valence-corrected chi connectivity index (χ0v) is 13.2. The van der Waals surface area contributed by atoms with Crippen LogP contribution in [0.5, 0.6) is 0 Å². The number of nitrogens with zero attached hydrogens (tertiary/aromatic N) is 3. The van der Waals surface area contributed by atoms with Crippen LogP contribution in [0.25, 0.3) is 0 Å². The van der Waals surface area contributed by atoms with E-state index in [2.05, 4.69) is 32.1 Å². The Labute approximate surface area is 128 Å². The molecule has 112 valence electrons. The van der Waals surface area contributed by atoms with Crippen molar-refractivity contribution in [2.45, 2.75) is 25.8 Å². The summed E-state index contributed by atoms with van der Waals surface area (Å²) in [5.41, 5.74) is 2.24. The Bertz CT molecular complexity index is 620. The first kappa shape index (κ1) is 14.3. The van der Waals surface area contributed by atoms with Gasteiger partial charge in [0.25, 0.3) is 0 Å².